The van der Waals surface area contributed by atoms with E-state index in [2.05, 4.69) is 60.1 Å². The summed E-state index contributed by atoms with van der Waals surface area (Å²) in [5, 5.41) is 0. The number of hydrogen-bond donors (Lipinski definition) is 1. The molecule has 4 heteroatoms. The molecule has 2 aromatic rings. The second kappa shape index (κ2) is 6.16. The van der Waals surface area contributed by atoms with Crippen molar-refractivity contribution in [1.29, 1.82) is 0 Å². The summed E-state index contributed by atoms with van der Waals surface area (Å²) in [4.78, 5) is 13.3. The zero-order chi connectivity index (χ0) is 14.8. The summed E-state index contributed by atoms with van der Waals surface area (Å²) in [6, 6.07) is 9.34. The first-order valence-electron chi connectivity index (χ1n) is 8.04. The van der Waals surface area contributed by atoms with Crippen LogP contribution in [0.15, 0.2) is 24.3 Å². The maximum Gasteiger partial charge on any atom is 0.124 e. The van der Waals surface area contributed by atoms with Crippen molar-refractivity contribution in [2.75, 3.05) is 27.2 Å². The molecule has 4 nitrogen and oxygen atoms in total. The molecule has 114 valence electrons. The van der Waals surface area contributed by atoms with Crippen LogP contribution < -0.4 is 0 Å². The van der Waals surface area contributed by atoms with Gasteiger partial charge in [-0.25, -0.2) is 4.98 Å². The molecular formula is C17H26N4. The molecule has 0 aliphatic carbocycles. The van der Waals surface area contributed by atoms with Gasteiger partial charge < -0.3 is 9.88 Å². The second-order valence-corrected chi connectivity index (χ2v) is 6.26. The van der Waals surface area contributed by atoms with Crippen LogP contribution in [-0.2, 0) is 0 Å². The summed E-state index contributed by atoms with van der Waals surface area (Å²) < 4.78 is 0. The van der Waals surface area contributed by atoms with E-state index in [0.717, 1.165) is 23.3 Å². The van der Waals surface area contributed by atoms with Crippen LogP contribution in [0, 0.1) is 0 Å². The maximum absolute atomic E-state index is 4.81. The molecule has 21 heavy (non-hydrogen) atoms. The molecule has 0 amide bonds. The van der Waals surface area contributed by atoms with Crippen LogP contribution in [0.25, 0.3) is 11.0 Å². The molecule has 0 spiro atoms. The van der Waals surface area contributed by atoms with Gasteiger partial charge in [-0.1, -0.05) is 19.1 Å². The fourth-order valence-corrected chi connectivity index (χ4v) is 3.46. The van der Waals surface area contributed by atoms with E-state index in [9.17, 15) is 0 Å². The van der Waals surface area contributed by atoms with Gasteiger partial charge in [-0.15, -0.1) is 0 Å². The van der Waals surface area contributed by atoms with Crippen molar-refractivity contribution < 1.29 is 0 Å². The quantitative estimate of drug-likeness (QED) is 0.938. The van der Waals surface area contributed by atoms with E-state index in [1.54, 1.807) is 0 Å². The van der Waals surface area contributed by atoms with E-state index >= 15 is 0 Å². The molecule has 1 unspecified atom stereocenters. The number of nitrogens with zero attached hydrogens (tertiary/aromatic N) is 3. The first-order chi connectivity index (χ1) is 10.2. The standard InChI is InChI=1S/C17H26N4/c1-4-16(21(3)13-9-11-20(2)12-10-13)17-18-14-7-5-6-8-15(14)19-17/h5-8,13,16H,4,9-12H2,1-3H3,(H,18,19). The number of hydrogen-bond acceptors (Lipinski definition) is 3. The van der Waals surface area contributed by atoms with Gasteiger partial charge in [0.05, 0.1) is 17.1 Å². The Morgan fingerprint density at radius 1 is 1.33 bits per heavy atom. The van der Waals surface area contributed by atoms with Crippen molar-refractivity contribution >= 4 is 11.0 Å². The summed E-state index contributed by atoms with van der Waals surface area (Å²) >= 11 is 0. The second-order valence-electron chi connectivity index (χ2n) is 6.26. The molecule has 0 radical (unpaired) electrons. The van der Waals surface area contributed by atoms with Crippen molar-refractivity contribution in [2.24, 2.45) is 0 Å². The summed E-state index contributed by atoms with van der Waals surface area (Å²) in [6.07, 6.45) is 3.59. The number of aromatic nitrogens is 2. The van der Waals surface area contributed by atoms with E-state index < -0.39 is 0 Å². The normalized spacial score (nSPS) is 19.4. The fraction of sp³-hybridized carbons (Fsp3) is 0.588. The lowest BCUT2D eigenvalue weighted by atomic mass is 10.0. The first kappa shape index (κ1) is 14.5. The van der Waals surface area contributed by atoms with E-state index in [-0.39, 0.29) is 0 Å². The molecule has 1 aliphatic heterocycles. The minimum Gasteiger partial charge on any atom is -0.341 e. The van der Waals surface area contributed by atoms with Crippen LogP contribution in [0.2, 0.25) is 0 Å². The lowest BCUT2D eigenvalue weighted by Crippen LogP contribution is -2.43. The Hall–Kier alpha value is -1.39. The highest BCUT2D eigenvalue weighted by molar-refractivity contribution is 5.74. The predicted octanol–water partition coefficient (Wildman–Crippen LogP) is 3.04. The number of piperidine rings is 1. The van der Waals surface area contributed by atoms with Crippen LogP contribution in [0.4, 0.5) is 0 Å². The van der Waals surface area contributed by atoms with Gasteiger partial charge in [-0.05, 0) is 58.6 Å². The van der Waals surface area contributed by atoms with Crippen molar-refractivity contribution in [1.82, 2.24) is 19.8 Å². The highest BCUT2D eigenvalue weighted by Gasteiger charge is 2.27. The van der Waals surface area contributed by atoms with Crippen LogP contribution >= 0.6 is 0 Å². The summed E-state index contributed by atoms with van der Waals surface area (Å²) in [5.41, 5.74) is 2.21. The molecule has 1 atom stereocenters. The van der Waals surface area contributed by atoms with Crippen molar-refractivity contribution in [3.05, 3.63) is 30.1 Å². The Balaban J connectivity index is 1.80. The highest BCUT2D eigenvalue weighted by Crippen LogP contribution is 2.28. The molecule has 0 bridgehead atoms. The zero-order valence-electron chi connectivity index (χ0n) is 13.3. The van der Waals surface area contributed by atoms with E-state index in [1.165, 1.54) is 25.9 Å². The smallest absolute Gasteiger partial charge is 0.124 e. The van der Waals surface area contributed by atoms with Gasteiger partial charge in [0.2, 0.25) is 0 Å². The Morgan fingerprint density at radius 3 is 2.71 bits per heavy atom. The van der Waals surface area contributed by atoms with Gasteiger partial charge >= 0.3 is 0 Å². The zero-order valence-corrected chi connectivity index (χ0v) is 13.3. The molecule has 0 saturated carbocycles. The lowest BCUT2D eigenvalue weighted by molar-refractivity contribution is 0.101. The molecule has 1 aromatic carbocycles. The van der Waals surface area contributed by atoms with Gasteiger partial charge in [-0.2, -0.15) is 0 Å². The van der Waals surface area contributed by atoms with Crippen LogP contribution in [-0.4, -0.2) is 53.0 Å². The average molecular weight is 286 g/mol. The number of benzene rings is 1. The minimum atomic E-state index is 0.380. The maximum atomic E-state index is 4.81. The largest absolute Gasteiger partial charge is 0.341 e. The van der Waals surface area contributed by atoms with E-state index in [4.69, 9.17) is 4.98 Å². The number of rotatable bonds is 4. The molecular weight excluding hydrogens is 260 g/mol. The third kappa shape index (κ3) is 2.97. The Morgan fingerprint density at radius 2 is 2.05 bits per heavy atom. The SMILES string of the molecule is CCC(c1nc2ccccc2[nH]1)N(C)C1CCN(C)CC1. The topological polar surface area (TPSA) is 35.2 Å². The molecule has 1 fully saturated rings. The molecule has 3 rings (SSSR count). The first-order valence-corrected chi connectivity index (χ1v) is 8.04. The molecule has 1 N–H and O–H groups in total. The molecule has 1 aliphatic rings. The van der Waals surface area contributed by atoms with Crippen LogP contribution in [0.5, 0.6) is 0 Å². The van der Waals surface area contributed by atoms with Gasteiger partial charge in [-0.3, -0.25) is 4.90 Å². The molecule has 1 saturated heterocycles. The van der Waals surface area contributed by atoms with E-state index in [1.807, 2.05) is 0 Å². The van der Waals surface area contributed by atoms with Crippen molar-refractivity contribution in [3.63, 3.8) is 0 Å². The number of para-hydroxylation sites is 2. The van der Waals surface area contributed by atoms with Crippen molar-refractivity contribution in [3.8, 4) is 0 Å². The number of aromatic amines is 1. The third-order valence-corrected chi connectivity index (χ3v) is 4.87. The molecule has 2 heterocycles. The Labute approximate surface area is 127 Å². The average Bonchev–Trinajstić information content (AvgIpc) is 2.92. The number of fused-ring (bicyclic) bond motifs is 1. The van der Waals surface area contributed by atoms with Gasteiger partial charge in [0, 0.05) is 6.04 Å². The monoisotopic (exact) mass is 286 g/mol. The third-order valence-electron chi connectivity index (χ3n) is 4.87. The predicted molar refractivity (Wildman–Crippen MR) is 87.4 cm³/mol. The number of H-pyrrole nitrogens is 1. The summed E-state index contributed by atoms with van der Waals surface area (Å²) in [7, 11) is 4.48. The number of imidazole rings is 1. The van der Waals surface area contributed by atoms with Crippen LogP contribution in [0.1, 0.15) is 38.1 Å². The number of likely N-dealkylation sites (tertiary alicyclic amines) is 1. The van der Waals surface area contributed by atoms with Gasteiger partial charge in [0.1, 0.15) is 5.82 Å². The summed E-state index contributed by atoms with van der Waals surface area (Å²) in [5.74, 6) is 1.11. The number of nitrogens with one attached hydrogen (secondary N) is 1. The van der Waals surface area contributed by atoms with Gasteiger partial charge in [0.25, 0.3) is 0 Å². The van der Waals surface area contributed by atoms with Crippen molar-refractivity contribution in [2.45, 2.75) is 38.3 Å². The minimum absolute atomic E-state index is 0.380. The van der Waals surface area contributed by atoms with Crippen LogP contribution in [0.3, 0.4) is 0 Å². The Kier molecular flexibility index (Phi) is 4.27. The Bertz CT molecular complexity index is 550. The summed E-state index contributed by atoms with van der Waals surface area (Å²) in [6.45, 7) is 4.65. The fourth-order valence-electron chi connectivity index (χ4n) is 3.46. The highest BCUT2D eigenvalue weighted by atomic mass is 15.2. The lowest BCUT2D eigenvalue weighted by Gasteiger charge is -2.38. The van der Waals surface area contributed by atoms with Gasteiger partial charge in [0.15, 0.2) is 0 Å². The molecule has 1 aromatic heterocycles. The van der Waals surface area contributed by atoms with E-state index in [0.29, 0.717) is 12.1 Å².